The Bertz CT molecular complexity index is 441. The molecule has 0 bridgehead atoms. The summed E-state index contributed by atoms with van der Waals surface area (Å²) in [7, 11) is 0. The van der Waals surface area contributed by atoms with Crippen molar-refractivity contribution in [3.05, 3.63) is 38.9 Å². The Morgan fingerprint density at radius 3 is 2.41 bits per heavy atom. The van der Waals surface area contributed by atoms with Crippen LogP contribution in [0.25, 0.3) is 0 Å². The number of rotatable bonds is 2. The minimum absolute atomic E-state index is 0.0798. The molecule has 1 aromatic rings. The van der Waals surface area contributed by atoms with Crippen molar-refractivity contribution in [2.45, 2.75) is 32.3 Å². The zero-order chi connectivity index (χ0) is 12.6. The van der Waals surface area contributed by atoms with E-state index < -0.39 is 11.2 Å². The summed E-state index contributed by atoms with van der Waals surface area (Å²) in [6, 6.07) is 4.51. The summed E-state index contributed by atoms with van der Waals surface area (Å²) in [5.74, 6) is 0. The first-order valence-electron chi connectivity index (χ1n) is 5.24. The molecule has 6 heteroatoms. The standard InChI is InChI=1S/C11H12ClNO4/c1-6-7(2)17-11(16-6)10-8(12)4-3-5-9(10)13(14)15/h3-7,11H,1-2H3/t6-,7+,11?. The first kappa shape index (κ1) is 12.3. The van der Waals surface area contributed by atoms with Gasteiger partial charge in [-0.2, -0.15) is 0 Å². The lowest BCUT2D eigenvalue weighted by atomic mass is 10.1. The third-order valence-corrected chi connectivity index (χ3v) is 3.13. The molecule has 17 heavy (non-hydrogen) atoms. The molecule has 1 saturated heterocycles. The van der Waals surface area contributed by atoms with Crippen LogP contribution in [0.5, 0.6) is 0 Å². The highest BCUT2D eigenvalue weighted by atomic mass is 35.5. The van der Waals surface area contributed by atoms with Gasteiger partial charge in [0.1, 0.15) is 5.56 Å². The fourth-order valence-corrected chi connectivity index (χ4v) is 1.96. The van der Waals surface area contributed by atoms with E-state index in [0.717, 1.165) is 0 Å². The zero-order valence-corrected chi connectivity index (χ0v) is 10.2. The molecule has 0 spiro atoms. The number of nitro benzene ring substituents is 1. The smallest absolute Gasteiger partial charge is 0.279 e. The quantitative estimate of drug-likeness (QED) is 0.603. The Morgan fingerprint density at radius 2 is 1.88 bits per heavy atom. The van der Waals surface area contributed by atoms with E-state index in [2.05, 4.69) is 0 Å². The van der Waals surface area contributed by atoms with Crippen LogP contribution in [0.3, 0.4) is 0 Å². The maximum atomic E-state index is 10.9. The fourth-order valence-electron chi connectivity index (χ4n) is 1.70. The molecule has 0 N–H and O–H groups in total. The third kappa shape index (κ3) is 2.26. The van der Waals surface area contributed by atoms with Gasteiger partial charge in [-0.15, -0.1) is 0 Å². The largest absolute Gasteiger partial charge is 0.342 e. The summed E-state index contributed by atoms with van der Waals surface area (Å²) in [6.07, 6.45) is -0.999. The number of benzene rings is 1. The van der Waals surface area contributed by atoms with Crippen molar-refractivity contribution in [1.82, 2.24) is 0 Å². The van der Waals surface area contributed by atoms with E-state index in [0.29, 0.717) is 0 Å². The molecule has 3 atom stereocenters. The SMILES string of the molecule is C[C@@H]1OC(c2c(Cl)cccc2[N+](=O)[O-])O[C@@H]1C. The van der Waals surface area contributed by atoms with E-state index in [1.54, 1.807) is 6.07 Å². The average molecular weight is 258 g/mol. The van der Waals surface area contributed by atoms with Gasteiger partial charge in [0.05, 0.1) is 22.2 Å². The van der Waals surface area contributed by atoms with E-state index in [9.17, 15) is 10.1 Å². The van der Waals surface area contributed by atoms with Crippen LogP contribution < -0.4 is 0 Å². The summed E-state index contributed by atoms with van der Waals surface area (Å²) < 4.78 is 11.0. The minimum atomic E-state index is -0.769. The molecule has 2 rings (SSSR count). The van der Waals surface area contributed by atoms with Gasteiger partial charge < -0.3 is 9.47 Å². The van der Waals surface area contributed by atoms with Crippen molar-refractivity contribution in [2.24, 2.45) is 0 Å². The highest BCUT2D eigenvalue weighted by Crippen LogP contribution is 2.39. The van der Waals surface area contributed by atoms with E-state index in [4.69, 9.17) is 21.1 Å². The van der Waals surface area contributed by atoms with Crippen molar-refractivity contribution in [3.8, 4) is 0 Å². The zero-order valence-electron chi connectivity index (χ0n) is 9.42. The molecule has 1 heterocycles. The van der Waals surface area contributed by atoms with Crippen molar-refractivity contribution < 1.29 is 14.4 Å². The van der Waals surface area contributed by atoms with Gasteiger partial charge in [-0.1, -0.05) is 17.7 Å². The fraction of sp³-hybridized carbons (Fsp3) is 0.455. The summed E-state index contributed by atoms with van der Waals surface area (Å²) >= 11 is 5.98. The summed E-state index contributed by atoms with van der Waals surface area (Å²) in [4.78, 5) is 10.4. The first-order chi connectivity index (χ1) is 8.00. The van der Waals surface area contributed by atoms with Crippen molar-refractivity contribution >= 4 is 17.3 Å². The van der Waals surface area contributed by atoms with E-state index in [1.165, 1.54) is 12.1 Å². The van der Waals surface area contributed by atoms with Crippen LogP contribution in [0.1, 0.15) is 25.7 Å². The van der Waals surface area contributed by atoms with Gasteiger partial charge in [0.15, 0.2) is 6.29 Å². The number of ether oxygens (including phenoxy) is 2. The van der Waals surface area contributed by atoms with Gasteiger partial charge in [0.25, 0.3) is 5.69 Å². The van der Waals surface area contributed by atoms with Crippen LogP contribution in [-0.2, 0) is 9.47 Å². The van der Waals surface area contributed by atoms with Crippen molar-refractivity contribution in [1.29, 1.82) is 0 Å². The molecule has 1 aromatic carbocycles. The molecule has 0 radical (unpaired) electrons. The molecular formula is C11H12ClNO4. The van der Waals surface area contributed by atoms with E-state index in [1.807, 2.05) is 13.8 Å². The van der Waals surface area contributed by atoms with Crippen LogP contribution in [0, 0.1) is 10.1 Å². The lowest BCUT2D eigenvalue weighted by molar-refractivity contribution is -0.386. The van der Waals surface area contributed by atoms with Gasteiger partial charge in [-0.05, 0) is 19.9 Å². The third-order valence-electron chi connectivity index (χ3n) is 2.80. The predicted octanol–water partition coefficient (Wildman–Crippen LogP) is 3.07. The molecule has 1 aliphatic rings. The summed E-state index contributed by atoms with van der Waals surface area (Å²) in [5.41, 5.74) is 0.208. The van der Waals surface area contributed by atoms with Crippen LogP contribution in [-0.4, -0.2) is 17.1 Å². The van der Waals surface area contributed by atoms with Gasteiger partial charge in [0, 0.05) is 6.07 Å². The maximum absolute atomic E-state index is 10.9. The van der Waals surface area contributed by atoms with E-state index in [-0.39, 0.29) is 28.5 Å². The normalized spacial score (nSPS) is 28.3. The van der Waals surface area contributed by atoms with Gasteiger partial charge >= 0.3 is 0 Å². The summed E-state index contributed by atoms with van der Waals surface area (Å²) in [5, 5.41) is 11.2. The Balaban J connectivity index is 2.41. The Labute approximate surface area is 103 Å². The molecule has 92 valence electrons. The molecule has 0 aliphatic carbocycles. The highest BCUT2D eigenvalue weighted by Gasteiger charge is 2.36. The molecule has 0 amide bonds. The maximum Gasteiger partial charge on any atom is 0.279 e. The molecule has 1 aliphatic heterocycles. The number of hydrogen-bond donors (Lipinski definition) is 0. The second-order valence-corrected chi connectivity index (χ2v) is 4.35. The molecule has 0 saturated carbocycles. The molecule has 0 aromatic heterocycles. The minimum Gasteiger partial charge on any atom is -0.342 e. The topological polar surface area (TPSA) is 61.6 Å². The monoisotopic (exact) mass is 257 g/mol. The van der Waals surface area contributed by atoms with E-state index >= 15 is 0 Å². The predicted molar refractivity (Wildman–Crippen MR) is 61.9 cm³/mol. The van der Waals surface area contributed by atoms with Gasteiger partial charge in [0.2, 0.25) is 0 Å². The molecule has 1 fully saturated rings. The lowest BCUT2D eigenvalue weighted by Crippen LogP contribution is -2.13. The van der Waals surface area contributed by atoms with Crippen LogP contribution >= 0.6 is 11.6 Å². The van der Waals surface area contributed by atoms with Crippen LogP contribution in [0.4, 0.5) is 5.69 Å². The van der Waals surface area contributed by atoms with Crippen LogP contribution in [0.2, 0.25) is 5.02 Å². The second kappa shape index (κ2) is 4.60. The Hall–Kier alpha value is -1.17. The van der Waals surface area contributed by atoms with Gasteiger partial charge in [-0.3, -0.25) is 10.1 Å². The van der Waals surface area contributed by atoms with Crippen molar-refractivity contribution in [2.75, 3.05) is 0 Å². The summed E-state index contributed by atoms with van der Waals surface area (Å²) in [6.45, 7) is 3.71. The van der Waals surface area contributed by atoms with Gasteiger partial charge in [-0.25, -0.2) is 0 Å². The number of nitrogens with zero attached hydrogens (tertiary/aromatic N) is 1. The Morgan fingerprint density at radius 1 is 1.29 bits per heavy atom. The lowest BCUT2D eigenvalue weighted by Gasteiger charge is -2.12. The van der Waals surface area contributed by atoms with Crippen molar-refractivity contribution in [3.63, 3.8) is 0 Å². The Kier molecular flexibility index (Phi) is 3.33. The highest BCUT2D eigenvalue weighted by molar-refractivity contribution is 6.31. The number of halogens is 1. The van der Waals surface area contributed by atoms with Crippen LogP contribution in [0.15, 0.2) is 18.2 Å². The average Bonchev–Trinajstić information content (AvgIpc) is 2.58. The second-order valence-electron chi connectivity index (χ2n) is 3.94. The first-order valence-corrected chi connectivity index (χ1v) is 5.62. The number of nitro groups is 1. The molecule has 1 unspecified atom stereocenters. The number of hydrogen-bond acceptors (Lipinski definition) is 4. The molecule has 5 nitrogen and oxygen atoms in total. The molecular weight excluding hydrogens is 246 g/mol.